The number of carbonyl (C=O) groups is 2. The summed E-state index contributed by atoms with van der Waals surface area (Å²) in [7, 11) is 0. The smallest absolute Gasteiger partial charge is 0.255 e. The molecule has 5 heteroatoms. The molecule has 4 nitrogen and oxygen atoms in total. The van der Waals surface area contributed by atoms with Crippen molar-refractivity contribution >= 4 is 39.1 Å². The van der Waals surface area contributed by atoms with Crippen LogP contribution >= 0.6 is 15.9 Å². The minimum Gasteiger partial charge on any atom is -0.320 e. The van der Waals surface area contributed by atoms with Crippen LogP contribution in [0.3, 0.4) is 0 Å². The van der Waals surface area contributed by atoms with E-state index in [-0.39, 0.29) is 11.8 Å². The molecule has 2 aromatic rings. The minimum atomic E-state index is -0.180. The Morgan fingerprint density at radius 3 is 2.52 bits per heavy atom. The largest absolute Gasteiger partial charge is 0.320 e. The number of amides is 2. The zero-order chi connectivity index (χ0) is 16.6. The van der Waals surface area contributed by atoms with Crippen molar-refractivity contribution in [3.63, 3.8) is 0 Å². The molecule has 0 aromatic heterocycles. The summed E-state index contributed by atoms with van der Waals surface area (Å²) in [5.41, 5.74) is 4.23. The molecule has 1 N–H and O–H groups in total. The Morgan fingerprint density at radius 1 is 1.17 bits per heavy atom. The van der Waals surface area contributed by atoms with Crippen LogP contribution in [-0.4, -0.2) is 18.4 Å². The van der Waals surface area contributed by atoms with Gasteiger partial charge in [0.05, 0.1) is 11.4 Å². The van der Waals surface area contributed by atoms with E-state index in [1.54, 1.807) is 24.0 Å². The summed E-state index contributed by atoms with van der Waals surface area (Å²) in [4.78, 5) is 26.0. The molecule has 118 valence electrons. The first-order valence-corrected chi connectivity index (χ1v) is 8.23. The van der Waals surface area contributed by atoms with E-state index in [4.69, 9.17) is 0 Å². The molecular formula is C18H17BrN2O2. The number of hydrogen-bond donors (Lipinski definition) is 1. The van der Waals surface area contributed by atoms with Gasteiger partial charge in [0.1, 0.15) is 0 Å². The van der Waals surface area contributed by atoms with Crippen LogP contribution in [0.4, 0.5) is 11.4 Å². The molecule has 0 saturated heterocycles. The number of anilines is 2. The first-order chi connectivity index (χ1) is 11.0. The summed E-state index contributed by atoms with van der Waals surface area (Å²) in [6.45, 7) is 4.17. The lowest BCUT2D eigenvalue weighted by molar-refractivity contribution is -0.116. The molecule has 2 aromatic carbocycles. The van der Waals surface area contributed by atoms with Crippen molar-refractivity contribution in [1.82, 2.24) is 0 Å². The third-order valence-corrected chi connectivity index (χ3v) is 4.43. The Kier molecular flexibility index (Phi) is 4.22. The molecule has 1 aliphatic heterocycles. The van der Waals surface area contributed by atoms with Crippen molar-refractivity contribution in [2.75, 3.05) is 16.8 Å². The SMILES string of the molecule is CC(=O)N1CCc2cc(Br)cc(NC(=O)c3ccc(C)cc3)c21. The Hall–Kier alpha value is -2.14. The van der Waals surface area contributed by atoms with E-state index < -0.39 is 0 Å². The molecular weight excluding hydrogens is 356 g/mol. The summed E-state index contributed by atoms with van der Waals surface area (Å²) in [6, 6.07) is 11.2. The molecule has 0 unspecified atom stereocenters. The van der Waals surface area contributed by atoms with Gasteiger partial charge in [-0.2, -0.15) is 0 Å². The van der Waals surface area contributed by atoms with Crippen LogP contribution in [0.1, 0.15) is 28.4 Å². The van der Waals surface area contributed by atoms with Crippen LogP contribution in [-0.2, 0) is 11.2 Å². The van der Waals surface area contributed by atoms with E-state index in [1.165, 1.54) is 0 Å². The number of rotatable bonds is 2. The van der Waals surface area contributed by atoms with Crippen molar-refractivity contribution in [3.8, 4) is 0 Å². The Morgan fingerprint density at radius 2 is 1.87 bits per heavy atom. The van der Waals surface area contributed by atoms with E-state index in [0.717, 1.165) is 27.7 Å². The second-order valence-electron chi connectivity index (χ2n) is 5.70. The van der Waals surface area contributed by atoms with Gasteiger partial charge in [-0.1, -0.05) is 33.6 Å². The van der Waals surface area contributed by atoms with Gasteiger partial charge in [-0.3, -0.25) is 9.59 Å². The first kappa shape index (κ1) is 15.7. The lowest BCUT2D eigenvalue weighted by Crippen LogP contribution is -2.27. The zero-order valence-electron chi connectivity index (χ0n) is 13.0. The lowest BCUT2D eigenvalue weighted by Gasteiger charge is -2.19. The predicted octanol–water partition coefficient (Wildman–Crippen LogP) is 3.92. The van der Waals surface area contributed by atoms with Crippen molar-refractivity contribution < 1.29 is 9.59 Å². The molecule has 3 rings (SSSR count). The summed E-state index contributed by atoms with van der Waals surface area (Å²) in [5.74, 6) is -0.197. The lowest BCUT2D eigenvalue weighted by atomic mass is 10.1. The number of nitrogens with zero attached hydrogens (tertiary/aromatic N) is 1. The average molecular weight is 373 g/mol. The monoisotopic (exact) mass is 372 g/mol. The van der Waals surface area contributed by atoms with E-state index >= 15 is 0 Å². The third-order valence-electron chi connectivity index (χ3n) is 3.97. The number of carbonyl (C=O) groups excluding carboxylic acids is 2. The molecule has 1 heterocycles. The summed E-state index contributed by atoms with van der Waals surface area (Å²) >= 11 is 3.47. The van der Waals surface area contributed by atoms with Gasteiger partial charge < -0.3 is 10.2 Å². The summed E-state index contributed by atoms with van der Waals surface area (Å²) in [6.07, 6.45) is 0.793. The number of nitrogens with one attached hydrogen (secondary N) is 1. The number of benzene rings is 2. The highest BCUT2D eigenvalue weighted by Crippen LogP contribution is 2.38. The van der Waals surface area contributed by atoms with Crippen LogP contribution < -0.4 is 10.2 Å². The van der Waals surface area contributed by atoms with Crippen molar-refractivity contribution in [3.05, 3.63) is 57.6 Å². The maximum Gasteiger partial charge on any atom is 0.255 e. The molecule has 0 fully saturated rings. The fourth-order valence-corrected chi connectivity index (χ4v) is 3.32. The van der Waals surface area contributed by atoms with Gasteiger partial charge in [-0.25, -0.2) is 0 Å². The predicted molar refractivity (Wildman–Crippen MR) is 95.0 cm³/mol. The Balaban J connectivity index is 1.95. The Labute approximate surface area is 143 Å². The molecule has 23 heavy (non-hydrogen) atoms. The maximum atomic E-state index is 12.5. The standard InChI is InChI=1S/C18H17BrN2O2/c1-11-3-5-13(6-4-11)18(23)20-16-10-15(19)9-14-7-8-21(12(2)22)17(14)16/h3-6,9-10H,7-8H2,1-2H3,(H,20,23). The molecule has 1 aliphatic rings. The van der Waals surface area contributed by atoms with E-state index in [0.29, 0.717) is 17.8 Å². The number of aryl methyl sites for hydroxylation is 1. The molecule has 0 atom stereocenters. The third kappa shape index (κ3) is 3.15. The average Bonchev–Trinajstić information content (AvgIpc) is 2.91. The zero-order valence-corrected chi connectivity index (χ0v) is 14.6. The summed E-state index contributed by atoms with van der Waals surface area (Å²) in [5, 5.41) is 2.94. The highest BCUT2D eigenvalue weighted by Gasteiger charge is 2.26. The van der Waals surface area contributed by atoms with Gasteiger partial charge in [0.2, 0.25) is 5.91 Å². The van der Waals surface area contributed by atoms with E-state index in [2.05, 4.69) is 21.2 Å². The highest BCUT2D eigenvalue weighted by molar-refractivity contribution is 9.10. The van der Waals surface area contributed by atoms with Crippen LogP contribution in [0, 0.1) is 6.92 Å². The van der Waals surface area contributed by atoms with E-state index in [1.807, 2.05) is 31.2 Å². The van der Waals surface area contributed by atoms with Gasteiger partial charge in [0.25, 0.3) is 5.91 Å². The second kappa shape index (κ2) is 6.16. The van der Waals surface area contributed by atoms with Gasteiger partial charge in [-0.05, 0) is 43.2 Å². The number of halogens is 1. The maximum absolute atomic E-state index is 12.5. The first-order valence-electron chi connectivity index (χ1n) is 7.44. The summed E-state index contributed by atoms with van der Waals surface area (Å²) < 4.78 is 0.890. The van der Waals surface area contributed by atoms with Crippen molar-refractivity contribution in [2.24, 2.45) is 0 Å². The van der Waals surface area contributed by atoms with Gasteiger partial charge in [-0.15, -0.1) is 0 Å². The molecule has 2 amide bonds. The van der Waals surface area contributed by atoms with Gasteiger partial charge >= 0.3 is 0 Å². The number of fused-ring (bicyclic) bond motifs is 1. The fraction of sp³-hybridized carbons (Fsp3) is 0.222. The quantitative estimate of drug-likeness (QED) is 0.868. The van der Waals surface area contributed by atoms with Crippen LogP contribution in [0.25, 0.3) is 0 Å². The van der Waals surface area contributed by atoms with Crippen LogP contribution in [0.2, 0.25) is 0 Å². The number of hydrogen-bond acceptors (Lipinski definition) is 2. The van der Waals surface area contributed by atoms with E-state index in [9.17, 15) is 9.59 Å². The van der Waals surface area contributed by atoms with Crippen LogP contribution in [0.15, 0.2) is 40.9 Å². The molecule has 0 saturated carbocycles. The topological polar surface area (TPSA) is 49.4 Å². The minimum absolute atomic E-state index is 0.0168. The van der Waals surface area contributed by atoms with Gasteiger partial charge in [0.15, 0.2) is 0 Å². The van der Waals surface area contributed by atoms with Crippen LogP contribution in [0.5, 0.6) is 0 Å². The molecule has 0 aliphatic carbocycles. The second-order valence-corrected chi connectivity index (χ2v) is 6.62. The highest BCUT2D eigenvalue weighted by atomic mass is 79.9. The molecule has 0 radical (unpaired) electrons. The van der Waals surface area contributed by atoms with Crippen molar-refractivity contribution in [1.29, 1.82) is 0 Å². The Bertz CT molecular complexity index is 784. The normalized spacial score (nSPS) is 12.9. The van der Waals surface area contributed by atoms with Crippen molar-refractivity contribution in [2.45, 2.75) is 20.3 Å². The fourth-order valence-electron chi connectivity index (χ4n) is 2.82. The van der Waals surface area contributed by atoms with Gasteiger partial charge in [0, 0.05) is 23.5 Å². The molecule has 0 bridgehead atoms. The molecule has 0 spiro atoms.